The molecule has 6 nitrogen and oxygen atoms in total. The van der Waals surface area contributed by atoms with E-state index in [2.05, 4.69) is 15.6 Å². The second-order valence-electron chi connectivity index (χ2n) is 5.81. The zero-order chi connectivity index (χ0) is 17.9. The topological polar surface area (TPSA) is 72.4 Å². The monoisotopic (exact) mass is 344 g/mol. The van der Waals surface area contributed by atoms with E-state index in [9.17, 15) is 4.79 Å². The molecule has 0 radical (unpaired) electrons. The first-order valence-electron chi connectivity index (χ1n) is 8.14. The van der Waals surface area contributed by atoms with Gasteiger partial charge in [-0.3, -0.25) is 4.79 Å². The quantitative estimate of drug-likeness (QED) is 0.453. The largest absolute Gasteiger partial charge is 0.451 e. The summed E-state index contributed by atoms with van der Waals surface area (Å²) < 4.78 is 7.37. The summed E-state index contributed by atoms with van der Waals surface area (Å²) in [7, 11) is 0. The molecule has 0 aliphatic carbocycles. The Labute approximate surface area is 149 Å². The Balaban J connectivity index is 1.47. The number of benzene rings is 2. The third-order valence-electron chi connectivity index (χ3n) is 4.05. The number of nitrogens with zero attached hydrogens (tertiary/aromatic N) is 3. The fourth-order valence-corrected chi connectivity index (χ4v) is 2.73. The first-order chi connectivity index (χ1) is 12.7. The second-order valence-corrected chi connectivity index (χ2v) is 5.81. The first-order valence-corrected chi connectivity index (χ1v) is 8.14. The van der Waals surface area contributed by atoms with Crippen molar-refractivity contribution >= 4 is 23.1 Å². The van der Waals surface area contributed by atoms with Crippen LogP contribution in [0.1, 0.15) is 21.7 Å². The van der Waals surface area contributed by atoms with Crippen molar-refractivity contribution in [1.82, 2.24) is 15.2 Å². The van der Waals surface area contributed by atoms with Crippen molar-refractivity contribution in [1.29, 1.82) is 0 Å². The third kappa shape index (κ3) is 3.00. The van der Waals surface area contributed by atoms with Crippen LogP contribution in [0.15, 0.2) is 76.5 Å². The highest BCUT2D eigenvalue weighted by molar-refractivity contribution is 5.99. The Bertz CT molecular complexity index is 1090. The van der Waals surface area contributed by atoms with E-state index in [0.29, 0.717) is 5.58 Å². The molecule has 0 fully saturated rings. The number of carbonyl (C=O) groups is 1. The summed E-state index contributed by atoms with van der Waals surface area (Å²) in [5, 5.41) is 9.20. The van der Waals surface area contributed by atoms with Crippen LogP contribution in [0, 0.1) is 6.92 Å². The third-order valence-corrected chi connectivity index (χ3v) is 4.05. The van der Waals surface area contributed by atoms with Crippen molar-refractivity contribution in [3.8, 4) is 5.69 Å². The molecule has 6 heteroatoms. The van der Waals surface area contributed by atoms with E-state index in [1.807, 2.05) is 67.7 Å². The molecule has 0 spiro atoms. The van der Waals surface area contributed by atoms with E-state index >= 15 is 0 Å². The highest BCUT2D eigenvalue weighted by Gasteiger charge is 2.16. The lowest BCUT2D eigenvalue weighted by atomic mass is 10.1. The van der Waals surface area contributed by atoms with E-state index in [-0.39, 0.29) is 11.7 Å². The molecule has 0 atom stereocenters. The Hall–Kier alpha value is -3.67. The first kappa shape index (κ1) is 15.8. The number of para-hydroxylation sites is 2. The van der Waals surface area contributed by atoms with Crippen molar-refractivity contribution in [2.75, 3.05) is 0 Å². The minimum atomic E-state index is -0.384. The molecule has 4 rings (SSSR count). The van der Waals surface area contributed by atoms with Crippen molar-refractivity contribution < 1.29 is 9.21 Å². The molecule has 0 aliphatic rings. The average molecular weight is 344 g/mol. The van der Waals surface area contributed by atoms with Crippen LogP contribution in [0.2, 0.25) is 0 Å². The van der Waals surface area contributed by atoms with Crippen LogP contribution in [-0.2, 0) is 0 Å². The Kier molecular flexibility index (Phi) is 4.07. The van der Waals surface area contributed by atoms with Gasteiger partial charge in [-0.05, 0) is 25.1 Å². The molecule has 1 amide bonds. The lowest BCUT2D eigenvalue weighted by Crippen LogP contribution is -2.17. The van der Waals surface area contributed by atoms with Crippen LogP contribution < -0.4 is 5.43 Å². The van der Waals surface area contributed by atoms with Gasteiger partial charge in [0.05, 0.1) is 18.1 Å². The Morgan fingerprint density at radius 3 is 2.73 bits per heavy atom. The van der Waals surface area contributed by atoms with Gasteiger partial charge in [-0.2, -0.15) is 10.2 Å². The molecule has 0 bridgehead atoms. The molecule has 0 saturated carbocycles. The fraction of sp³-hybridized carbons (Fsp3) is 0.0500. The van der Waals surface area contributed by atoms with Gasteiger partial charge >= 0.3 is 5.91 Å². The van der Waals surface area contributed by atoms with Gasteiger partial charge in [-0.1, -0.05) is 36.4 Å². The van der Waals surface area contributed by atoms with Gasteiger partial charge in [-0.25, -0.2) is 10.1 Å². The molecule has 4 aromatic rings. The maximum Gasteiger partial charge on any atom is 0.307 e. The minimum absolute atomic E-state index is 0.267. The van der Waals surface area contributed by atoms with Crippen molar-refractivity contribution in [2.24, 2.45) is 5.10 Å². The van der Waals surface area contributed by atoms with Gasteiger partial charge < -0.3 is 4.42 Å². The molecule has 2 heterocycles. The average Bonchev–Trinajstić information content (AvgIpc) is 3.28. The van der Waals surface area contributed by atoms with Crippen LogP contribution in [0.3, 0.4) is 0 Å². The summed E-state index contributed by atoms with van der Waals surface area (Å²) in [6.07, 6.45) is 5.05. The normalized spacial score (nSPS) is 11.3. The van der Waals surface area contributed by atoms with E-state index in [4.69, 9.17) is 4.42 Å². The van der Waals surface area contributed by atoms with E-state index < -0.39 is 0 Å². The van der Waals surface area contributed by atoms with Crippen LogP contribution in [0.5, 0.6) is 0 Å². The molecule has 0 aliphatic heterocycles. The number of hydrogen-bond acceptors (Lipinski definition) is 4. The number of aryl methyl sites for hydroxylation is 1. The number of hydrazone groups is 1. The molecule has 2 aromatic carbocycles. The summed E-state index contributed by atoms with van der Waals surface area (Å²) in [6, 6.07) is 17.3. The number of fused-ring (bicyclic) bond motifs is 1. The lowest BCUT2D eigenvalue weighted by Gasteiger charge is -1.98. The van der Waals surface area contributed by atoms with Gasteiger partial charge in [0, 0.05) is 22.7 Å². The highest BCUT2D eigenvalue weighted by Crippen LogP contribution is 2.24. The lowest BCUT2D eigenvalue weighted by molar-refractivity contribution is 0.0929. The Morgan fingerprint density at radius 2 is 1.92 bits per heavy atom. The molecule has 128 valence electrons. The number of furan rings is 1. The molecule has 0 saturated heterocycles. The molecular formula is C20H16N4O2. The predicted molar refractivity (Wildman–Crippen MR) is 99.6 cm³/mol. The summed E-state index contributed by atoms with van der Waals surface area (Å²) in [4.78, 5) is 12.3. The van der Waals surface area contributed by atoms with Crippen LogP contribution in [-0.4, -0.2) is 21.9 Å². The standard InChI is InChI=1S/C20H16N4O2/c1-14-17-9-5-6-10-18(17)26-19(14)20(25)23-21-11-15-12-22-24(13-15)16-7-3-2-4-8-16/h2-13H,1H3,(H,23,25)/b21-11-. The van der Waals surface area contributed by atoms with Crippen LogP contribution >= 0.6 is 0 Å². The Morgan fingerprint density at radius 1 is 1.15 bits per heavy atom. The zero-order valence-corrected chi connectivity index (χ0v) is 14.1. The molecule has 26 heavy (non-hydrogen) atoms. The molecular weight excluding hydrogens is 328 g/mol. The number of aromatic nitrogens is 2. The van der Waals surface area contributed by atoms with Crippen molar-refractivity contribution in [2.45, 2.75) is 6.92 Å². The molecule has 1 N–H and O–H groups in total. The summed E-state index contributed by atoms with van der Waals surface area (Å²) >= 11 is 0. The van der Waals surface area contributed by atoms with E-state index in [1.54, 1.807) is 17.1 Å². The number of carbonyl (C=O) groups excluding carboxylic acids is 1. The maximum atomic E-state index is 12.3. The zero-order valence-electron chi connectivity index (χ0n) is 14.1. The second kappa shape index (κ2) is 6.68. The van der Waals surface area contributed by atoms with E-state index in [1.165, 1.54) is 0 Å². The van der Waals surface area contributed by atoms with Gasteiger partial charge in [0.2, 0.25) is 0 Å². The number of hydrogen-bond donors (Lipinski definition) is 1. The van der Waals surface area contributed by atoms with E-state index in [0.717, 1.165) is 22.2 Å². The fourth-order valence-electron chi connectivity index (χ4n) is 2.73. The highest BCUT2D eigenvalue weighted by atomic mass is 16.3. The predicted octanol–water partition coefficient (Wildman–Crippen LogP) is 3.69. The van der Waals surface area contributed by atoms with Gasteiger partial charge in [0.15, 0.2) is 5.76 Å². The van der Waals surface area contributed by atoms with Crippen molar-refractivity contribution in [3.63, 3.8) is 0 Å². The molecule has 2 aromatic heterocycles. The summed E-state index contributed by atoms with van der Waals surface area (Å²) in [6.45, 7) is 1.86. The SMILES string of the molecule is Cc1c(C(=O)N/N=C\c2cnn(-c3ccccc3)c2)oc2ccccc12. The minimum Gasteiger partial charge on any atom is -0.451 e. The molecule has 0 unspecified atom stereocenters. The van der Waals surface area contributed by atoms with Gasteiger partial charge in [0.25, 0.3) is 0 Å². The van der Waals surface area contributed by atoms with Crippen molar-refractivity contribution in [3.05, 3.63) is 83.9 Å². The van der Waals surface area contributed by atoms with Crippen LogP contribution in [0.25, 0.3) is 16.7 Å². The van der Waals surface area contributed by atoms with Crippen LogP contribution in [0.4, 0.5) is 0 Å². The summed E-state index contributed by atoms with van der Waals surface area (Å²) in [5.74, 6) is -0.117. The van der Waals surface area contributed by atoms with Gasteiger partial charge in [0.1, 0.15) is 5.58 Å². The number of nitrogens with one attached hydrogen (secondary N) is 1. The number of rotatable bonds is 4. The summed E-state index contributed by atoms with van der Waals surface area (Å²) in [5.41, 5.74) is 5.70. The van der Waals surface area contributed by atoms with Gasteiger partial charge in [-0.15, -0.1) is 0 Å². The number of amides is 1. The maximum absolute atomic E-state index is 12.3. The smallest absolute Gasteiger partial charge is 0.307 e.